The van der Waals surface area contributed by atoms with Crippen LogP contribution in [0.3, 0.4) is 0 Å². The Morgan fingerprint density at radius 3 is 2.26 bits per heavy atom. The number of ether oxygens (including phenoxy) is 1. The van der Waals surface area contributed by atoms with Gasteiger partial charge in [-0.05, 0) is 42.7 Å². The van der Waals surface area contributed by atoms with Crippen molar-refractivity contribution in [1.29, 1.82) is 0 Å². The van der Waals surface area contributed by atoms with Crippen LogP contribution in [0.1, 0.15) is 31.6 Å². The molecule has 0 aliphatic carbocycles. The van der Waals surface area contributed by atoms with Crippen LogP contribution in [-0.2, 0) is 4.79 Å². The maximum atomic E-state index is 12.2. The molecule has 2 aromatic carbocycles. The van der Waals surface area contributed by atoms with E-state index < -0.39 is 5.91 Å². The first kappa shape index (κ1) is 19.6. The van der Waals surface area contributed by atoms with E-state index in [1.165, 1.54) is 5.56 Å². The summed E-state index contributed by atoms with van der Waals surface area (Å²) in [6.45, 7) is 3.68. The van der Waals surface area contributed by atoms with Gasteiger partial charge in [0.05, 0.1) is 4.58 Å². The Hall–Kier alpha value is -2.12. The molecule has 2 amide bonds. The highest BCUT2D eigenvalue weighted by Crippen LogP contribution is 2.45. The second-order valence-electron chi connectivity index (χ2n) is 6.21. The van der Waals surface area contributed by atoms with Crippen LogP contribution in [-0.4, -0.2) is 29.9 Å². The number of aryl methyl sites for hydroxylation is 2. The van der Waals surface area contributed by atoms with E-state index >= 15 is 0 Å². The molecule has 27 heavy (non-hydrogen) atoms. The smallest absolute Gasteiger partial charge is 0.276 e. The minimum absolute atomic E-state index is 0.166. The number of hydrogen-bond donors (Lipinski definition) is 2. The van der Waals surface area contributed by atoms with Gasteiger partial charge >= 0.3 is 0 Å². The Morgan fingerprint density at radius 2 is 1.63 bits per heavy atom. The van der Waals surface area contributed by atoms with Gasteiger partial charge in [0.15, 0.2) is 6.61 Å². The highest BCUT2D eigenvalue weighted by Gasteiger charge is 2.18. The monoisotopic (exact) mass is 402 g/mol. The highest BCUT2D eigenvalue weighted by molar-refractivity contribution is 8.19. The van der Waals surface area contributed by atoms with Gasteiger partial charge in [-0.1, -0.05) is 30.3 Å². The first-order valence-electron chi connectivity index (χ1n) is 8.66. The first-order chi connectivity index (χ1) is 13.0. The minimum atomic E-state index is -0.415. The number of carbonyl (C=O) groups is 2. The number of thioether (sulfide) groups is 2. The van der Waals surface area contributed by atoms with E-state index in [1.54, 1.807) is 12.1 Å². The van der Waals surface area contributed by atoms with E-state index in [0.717, 1.165) is 22.6 Å². The molecule has 0 aromatic heterocycles. The molecule has 0 saturated carbocycles. The lowest BCUT2D eigenvalue weighted by atomic mass is 10.1. The van der Waals surface area contributed by atoms with Gasteiger partial charge in [-0.25, -0.2) is 0 Å². The molecule has 0 bridgehead atoms. The molecule has 2 aromatic rings. The number of para-hydroxylation sites is 1. The van der Waals surface area contributed by atoms with Gasteiger partial charge in [0, 0.05) is 17.1 Å². The molecule has 0 spiro atoms. The Labute approximate surface area is 167 Å². The van der Waals surface area contributed by atoms with Gasteiger partial charge in [-0.15, -0.1) is 23.5 Å². The van der Waals surface area contributed by atoms with E-state index in [4.69, 9.17) is 4.74 Å². The molecule has 142 valence electrons. The Bertz CT molecular complexity index is 798. The van der Waals surface area contributed by atoms with Crippen molar-refractivity contribution in [2.75, 3.05) is 18.1 Å². The minimum Gasteiger partial charge on any atom is -0.483 e. The van der Waals surface area contributed by atoms with Crippen molar-refractivity contribution in [2.24, 2.45) is 0 Å². The van der Waals surface area contributed by atoms with E-state index in [2.05, 4.69) is 10.9 Å². The summed E-state index contributed by atoms with van der Waals surface area (Å²) in [5.74, 6) is 2.24. The molecular weight excluding hydrogens is 380 g/mol. The van der Waals surface area contributed by atoms with Crippen LogP contribution in [0.2, 0.25) is 0 Å². The maximum Gasteiger partial charge on any atom is 0.276 e. The molecule has 3 rings (SSSR count). The number of carbonyl (C=O) groups excluding carboxylic acids is 2. The molecule has 1 aliphatic heterocycles. The van der Waals surface area contributed by atoms with E-state index in [9.17, 15) is 9.59 Å². The Balaban J connectivity index is 1.47. The van der Waals surface area contributed by atoms with Crippen molar-refractivity contribution >= 4 is 35.3 Å². The number of nitrogens with one attached hydrogen (secondary N) is 2. The number of hydrazine groups is 1. The lowest BCUT2D eigenvalue weighted by Crippen LogP contribution is -2.43. The summed E-state index contributed by atoms with van der Waals surface area (Å²) in [7, 11) is 0. The summed E-state index contributed by atoms with van der Waals surface area (Å²) in [6, 6.07) is 13.3. The molecule has 0 atom stereocenters. The van der Waals surface area contributed by atoms with Crippen molar-refractivity contribution in [2.45, 2.75) is 18.4 Å². The fourth-order valence-electron chi connectivity index (χ4n) is 2.74. The molecule has 2 N–H and O–H groups in total. The quantitative estimate of drug-likeness (QED) is 0.748. The number of rotatable bonds is 5. The summed E-state index contributed by atoms with van der Waals surface area (Å²) in [5, 5.41) is 0. The van der Waals surface area contributed by atoms with Crippen LogP contribution < -0.4 is 15.6 Å². The van der Waals surface area contributed by atoms with E-state index in [1.807, 2.05) is 67.7 Å². The van der Waals surface area contributed by atoms with Crippen molar-refractivity contribution in [1.82, 2.24) is 10.9 Å². The van der Waals surface area contributed by atoms with Crippen molar-refractivity contribution < 1.29 is 14.3 Å². The standard InChI is InChI=1S/C20H22N2O3S2/c1-13-4-3-5-14(2)18(13)25-12-17(23)21-22-19(24)15-6-8-16(9-7-15)20-26-10-11-27-20/h3-9,20H,10-12H2,1-2H3,(H,21,23)(H,22,24). The molecule has 1 heterocycles. The second-order valence-corrected chi connectivity index (χ2v) is 8.93. The molecule has 1 aliphatic rings. The Kier molecular flexibility index (Phi) is 6.68. The molecular formula is C20H22N2O3S2. The third-order valence-corrected chi connectivity index (χ3v) is 7.24. The van der Waals surface area contributed by atoms with Crippen LogP contribution in [0.5, 0.6) is 5.75 Å². The first-order valence-corrected chi connectivity index (χ1v) is 10.8. The fraction of sp³-hybridized carbons (Fsp3) is 0.300. The molecule has 1 saturated heterocycles. The molecule has 1 fully saturated rings. The zero-order valence-electron chi connectivity index (χ0n) is 15.3. The summed E-state index contributed by atoms with van der Waals surface area (Å²) in [4.78, 5) is 24.1. The summed E-state index contributed by atoms with van der Waals surface area (Å²) in [6.07, 6.45) is 0. The van der Waals surface area contributed by atoms with Crippen LogP contribution in [0.4, 0.5) is 0 Å². The SMILES string of the molecule is Cc1cccc(C)c1OCC(=O)NNC(=O)c1ccc(C2SCCS2)cc1. The molecule has 0 unspecified atom stereocenters. The van der Waals surface area contributed by atoms with Crippen molar-refractivity contribution in [3.63, 3.8) is 0 Å². The van der Waals surface area contributed by atoms with Gasteiger partial charge < -0.3 is 4.74 Å². The Morgan fingerprint density at radius 1 is 1.00 bits per heavy atom. The van der Waals surface area contributed by atoms with Crippen LogP contribution in [0.15, 0.2) is 42.5 Å². The average Bonchev–Trinajstić information content (AvgIpc) is 3.20. The van der Waals surface area contributed by atoms with E-state index in [-0.39, 0.29) is 12.5 Å². The largest absolute Gasteiger partial charge is 0.483 e. The predicted molar refractivity (Wildman–Crippen MR) is 111 cm³/mol. The van der Waals surface area contributed by atoms with Gasteiger partial charge in [-0.3, -0.25) is 20.4 Å². The van der Waals surface area contributed by atoms with Crippen LogP contribution in [0, 0.1) is 13.8 Å². The number of hydrogen-bond acceptors (Lipinski definition) is 5. The van der Waals surface area contributed by atoms with Crippen LogP contribution in [0.25, 0.3) is 0 Å². The van der Waals surface area contributed by atoms with Crippen molar-refractivity contribution in [3.05, 3.63) is 64.7 Å². The van der Waals surface area contributed by atoms with Gasteiger partial charge in [0.1, 0.15) is 5.75 Å². The maximum absolute atomic E-state index is 12.2. The number of benzene rings is 2. The zero-order chi connectivity index (χ0) is 19.2. The lowest BCUT2D eigenvalue weighted by Gasteiger charge is -2.13. The van der Waals surface area contributed by atoms with Gasteiger partial charge in [0.25, 0.3) is 11.8 Å². The highest BCUT2D eigenvalue weighted by atomic mass is 32.2. The van der Waals surface area contributed by atoms with E-state index in [0.29, 0.717) is 15.9 Å². The number of amides is 2. The summed E-state index contributed by atoms with van der Waals surface area (Å²) < 4.78 is 6.02. The fourth-order valence-corrected chi connectivity index (χ4v) is 5.60. The summed E-state index contributed by atoms with van der Waals surface area (Å²) in [5.41, 5.74) is 8.45. The topological polar surface area (TPSA) is 67.4 Å². The lowest BCUT2D eigenvalue weighted by molar-refractivity contribution is -0.123. The third-order valence-electron chi connectivity index (χ3n) is 4.14. The molecule has 7 heteroatoms. The second kappa shape index (κ2) is 9.19. The zero-order valence-corrected chi connectivity index (χ0v) is 16.9. The summed E-state index contributed by atoms with van der Waals surface area (Å²) >= 11 is 3.84. The van der Waals surface area contributed by atoms with Crippen LogP contribution >= 0.6 is 23.5 Å². The average molecular weight is 403 g/mol. The molecule has 0 radical (unpaired) electrons. The molecule has 5 nitrogen and oxygen atoms in total. The normalized spacial score (nSPS) is 14.0. The third kappa shape index (κ3) is 5.20. The van der Waals surface area contributed by atoms with Gasteiger partial charge in [-0.2, -0.15) is 0 Å². The van der Waals surface area contributed by atoms with Crippen molar-refractivity contribution in [3.8, 4) is 5.75 Å². The van der Waals surface area contributed by atoms with Gasteiger partial charge in [0.2, 0.25) is 0 Å². The predicted octanol–water partition coefficient (Wildman–Crippen LogP) is 3.62.